The minimum atomic E-state index is 0.0908. The fourth-order valence-corrected chi connectivity index (χ4v) is 4.63. The van der Waals surface area contributed by atoms with E-state index in [0.717, 1.165) is 17.7 Å². The normalized spacial score (nSPS) is 26.2. The molecule has 1 N–H and O–H groups in total. The van der Waals surface area contributed by atoms with Crippen LogP contribution in [0, 0.1) is 5.92 Å². The van der Waals surface area contributed by atoms with Gasteiger partial charge in [-0.25, -0.2) is 0 Å². The van der Waals surface area contributed by atoms with Crippen molar-refractivity contribution in [2.75, 3.05) is 31.6 Å². The number of carbonyl (C=O) groups is 1. The number of hydrogen-bond donors (Lipinski definition) is 1. The summed E-state index contributed by atoms with van der Waals surface area (Å²) in [5.41, 5.74) is 4.15. The van der Waals surface area contributed by atoms with Gasteiger partial charge in [-0.1, -0.05) is 30.4 Å². The van der Waals surface area contributed by atoms with E-state index in [1.165, 1.54) is 11.1 Å². The molecular weight excluding hydrogens is 338 g/mol. The molecule has 1 amide bonds. The summed E-state index contributed by atoms with van der Waals surface area (Å²) < 4.78 is 5.40. The Labute approximate surface area is 159 Å². The smallest absolute Gasteiger partial charge is 0.256 e. The van der Waals surface area contributed by atoms with E-state index in [-0.39, 0.29) is 11.9 Å². The van der Waals surface area contributed by atoms with Crippen LogP contribution in [0.4, 0.5) is 5.69 Å². The average Bonchev–Trinajstić information content (AvgIpc) is 3.24. The maximum absolute atomic E-state index is 13.2. The lowest BCUT2D eigenvalue weighted by molar-refractivity contribution is 0.0303. The number of nitrogens with zero attached hydrogens (tertiary/aromatic N) is 2. The van der Waals surface area contributed by atoms with E-state index in [9.17, 15) is 4.79 Å². The molecule has 1 aromatic carbocycles. The second kappa shape index (κ2) is 6.82. The molecule has 27 heavy (non-hydrogen) atoms. The summed E-state index contributed by atoms with van der Waals surface area (Å²) in [5.74, 6) is 0.882. The first-order valence-electron chi connectivity index (χ1n) is 9.66. The number of carbonyl (C=O) groups excluding carboxylic acids is 1. The van der Waals surface area contributed by atoms with Gasteiger partial charge in [-0.2, -0.15) is 0 Å². The molecule has 1 fully saturated rings. The standard InChI is InChI=1S/C22H23N3O2/c26-22(25-10-12-27-13-11-25)19-8-2-7-18-16-5-1-6-17(16)20(24-21(18)19)15-4-3-9-23-14-15/h1-5,7-9,14,16-17,20,24H,6,10-13H2. The fourth-order valence-electron chi connectivity index (χ4n) is 4.63. The number of para-hydroxylation sites is 1. The van der Waals surface area contributed by atoms with Gasteiger partial charge in [0, 0.05) is 31.4 Å². The summed E-state index contributed by atoms with van der Waals surface area (Å²) in [4.78, 5) is 19.4. The van der Waals surface area contributed by atoms with Crippen molar-refractivity contribution in [3.63, 3.8) is 0 Å². The van der Waals surface area contributed by atoms with Crippen LogP contribution in [0.15, 0.2) is 54.9 Å². The second-order valence-corrected chi connectivity index (χ2v) is 7.44. The Morgan fingerprint density at radius 2 is 2.07 bits per heavy atom. The minimum Gasteiger partial charge on any atom is -0.378 e. The predicted octanol–water partition coefficient (Wildman–Crippen LogP) is 3.38. The lowest BCUT2D eigenvalue weighted by Crippen LogP contribution is -2.41. The van der Waals surface area contributed by atoms with Gasteiger partial charge in [-0.05, 0) is 35.6 Å². The van der Waals surface area contributed by atoms with Crippen LogP contribution in [0.3, 0.4) is 0 Å². The highest BCUT2D eigenvalue weighted by molar-refractivity contribution is 6.01. The largest absolute Gasteiger partial charge is 0.378 e. The summed E-state index contributed by atoms with van der Waals surface area (Å²) >= 11 is 0. The highest BCUT2D eigenvalue weighted by Gasteiger charge is 2.39. The summed E-state index contributed by atoms with van der Waals surface area (Å²) in [6.45, 7) is 2.53. The van der Waals surface area contributed by atoms with E-state index in [1.54, 1.807) is 6.20 Å². The number of ether oxygens (including phenoxy) is 1. The van der Waals surface area contributed by atoms with Crippen LogP contribution in [0.5, 0.6) is 0 Å². The van der Waals surface area contributed by atoms with E-state index in [1.807, 2.05) is 29.3 Å². The third-order valence-corrected chi connectivity index (χ3v) is 5.97. The van der Waals surface area contributed by atoms with Crippen LogP contribution < -0.4 is 5.32 Å². The third-order valence-electron chi connectivity index (χ3n) is 5.97. The van der Waals surface area contributed by atoms with Crippen molar-refractivity contribution in [2.24, 2.45) is 5.92 Å². The lowest BCUT2D eigenvalue weighted by atomic mass is 9.76. The summed E-state index contributed by atoms with van der Waals surface area (Å²) in [7, 11) is 0. The van der Waals surface area contributed by atoms with Crippen molar-refractivity contribution < 1.29 is 9.53 Å². The molecule has 3 heterocycles. The van der Waals surface area contributed by atoms with Crippen LogP contribution in [0.1, 0.15) is 39.9 Å². The highest BCUT2D eigenvalue weighted by atomic mass is 16.5. The Morgan fingerprint density at radius 3 is 2.89 bits per heavy atom. The van der Waals surface area contributed by atoms with Gasteiger partial charge in [0.15, 0.2) is 0 Å². The Balaban J connectivity index is 1.56. The van der Waals surface area contributed by atoms with E-state index < -0.39 is 0 Å². The summed E-state index contributed by atoms with van der Waals surface area (Å²) in [5, 5.41) is 3.71. The molecule has 1 saturated heterocycles. The Hall–Kier alpha value is -2.66. The second-order valence-electron chi connectivity index (χ2n) is 7.44. The summed E-state index contributed by atoms with van der Waals surface area (Å²) in [6.07, 6.45) is 9.35. The molecule has 5 rings (SSSR count). The van der Waals surface area contributed by atoms with E-state index >= 15 is 0 Å². The van der Waals surface area contributed by atoms with Gasteiger partial charge in [0.2, 0.25) is 0 Å². The lowest BCUT2D eigenvalue weighted by Gasteiger charge is -2.38. The molecule has 1 aliphatic carbocycles. The molecule has 3 atom stereocenters. The molecular formula is C22H23N3O2. The SMILES string of the molecule is O=C(c1cccc2c1NC(c1cccnc1)C1CC=CC21)N1CCOCC1. The number of anilines is 1. The number of rotatable bonds is 2. The number of pyridine rings is 1. The highest BCUT2D eigenvalue weighted by Crippen LogP contribution is 2.50. The third kappa shape index (κ3) is 2.82. The zero-order chi connectivity index (χ0) is 18.2. The molecule has 2 aliphatic heterocycles. The minimum absolute atomic E-state index is 0.0908. The van der Waals surface area contributed by atoms with Gasteiger partial charge in [0.25, 0.3) is 5.91 Å². The number of fused-ring (bicyclic) bond motifs is 3. The zero-order valence-corrected chi connectivity index (χ0v) is 15.2. The number of allylic oxidation sites excluding steroid dienone is 2. The number of morpholine rings is 1. The number of benzene rings is 1. The van der Waals surface area contributed by atoms with Gasteiger partial charge in [0.1, 0.15) is 0 Å². The molecule has 0 saturated carbocycles. The van der Waals surface area contributed by atoms with Gasteiger partial charge in [0.05, 0.1) is 30.5 Å². The average molecular weight is 361 g/mol. The van der Waals surface area contributed by atoms with Crippen LogP contribution in [0.2, 0.25) is 0 Å². The molecule has 0 bridgehead atoms. The molecule has 1 aromatic heterocycles. The number of amides is 1. The first-order valence-corrected chi connectivity index (χ1v) is 9.66. The van der Waals surface area contributed by atoms with Crippen molar-refractivity contribution in [2.45, 2.75) is 18.4 Å². The maximum atomic E-state index is 13.2. The summed E-state index contributed by atoms with van der Waals surface area (Å²) in [6, 6.07) is 10.4. The first-order chi connectivity index (χ1) is 13.3. The molecule has 5 nitrogen and oxygen atoms in total. The van der Waals surface area contributed by atoms with Crippen molar-refractivity contribution in [3.8, 4) is 0 Å². The van der Waals surface area contributed by atoms with Gasteiger partial charge in [-0.3, -0.25) is 9.78 Å². The van der Waals surface area contributed by atoms with Crippen LogP contribution in [-0.4, -0.2) is 42.1 Å². The number of nitrogens with one attached hydrogen (secondary N) is 1. The predicted molar refractivity (Wildman–Crippen MR) is 104 cm³/mol. The Bertz CT molecular complexity index is 874. The van der Waals surface area contributed by atoms with Gasteiger partial charge >= 0.3 is 0 Å². The van der Waals surface area contributed by atoms with E-state index in [4.69, 9.17) is 4.74 Å². The Morgan fingerprint density at radius 1 is 1.19 bits per heavy atom. The topological polar surface area (TPSA) is 54.5 Å². The van der Waals surface area contributed by atoms with Crippen molar-refractivity contribution in [3.05, 3.63) is 71.6 Å². The quantitative estimate of drug-likeness (QED) is 0.833. The fraction of sp³-hybridized carbons (Fsp3) is 0.364. The van der Waals surface area contributed by atoms with Crippen LogP contribution >= 0.6 is 0 Å². The van der Waals surface area contributed by atoms with Crippen molar-refractivity contribution in [1.29, 1.82) is 0 Å². The van der Waals surface area contributed by atoms with Crippen molar-refractivity contribution >= 4 is 11.6 Å². The molecule has 3 unspecified atom stereocenters. The van der Waals surface area contributed by atoms with E-state index in [2.05, 4.69) is 34.6 Å². The molecule has 3 aliphatic rings. The molecule has 2 aromatic rings. The van der Waals surface area contributed by atoms with E-state index in [0.29, 0.717) is 38.1 Å². The van der Waals surface area contributed by atoms with Crippen LogP contribution in [0.25, 0.3) is 0 Å². The monoisotopic (exact) mass is 361 g/mol. The van der Waals surface area contributed by atoms with Crippen LogP contribution in [-0.2, 0) is 4.74 Å². The number of aromatic nitrogens is 1. The van der Waals surface area contributed by atoms with Gasteiger partial charge in [-0.15, -0.1) is 0 Å². The van der Waals surface area contributed by atoms with Crippen molar-refractivity contribution in [1.82, 2.24) is 9.88 Å². The maximum Gasteiger partial charge on any atom is 0.256 e. The Kier molecular flexibility index (Phi) is 4.17. The molecule has 0 spiro atoms. The van der Waals surface area contributed by atoms with Gasteiger partial charge < -0.3 is 15.0 Å². The molecule has 138 valence electrons. The first kappa shape index (κ1) is 16.5. The number of hydrogen-bond acceptors (Lipinski definition) is 4. The molecule has 5 heteroatoms. The molecule has 0 radical (unpaired) electrons. The zero-order valence-electron chi connectivity index (χ0n) is 15.2.